The van der Waals surface area contributed by atoms with Crippen LogP contribution in [0.4, 0.5) is 14.5 Å². The first-order chi connectivity index (χ1) is 19.2. The van der Waals surface area contributed by atoms with Crippen LogP contribution in [0.15, 0.2) is 46.4 Å². The van der Waals surface area contributed by atoms with Gasteiger partial charge in [0.05, 0.1) is 23.1 Å². The monoisotopic (exact) mass is 561 g/mol. The molecule has 204 valence electrons. The fourth-order valence-corrected chi connectivity index (χ4v) is 6.58. The number of benzene rings is 1. The van der Waals surface area contributed by atoms with E-state index in [1.807, 2.05) is 42.0 Å². The first kappa shape index (κ1) is 25.0. The van der Waals surface area contributed by atoms with Crippen molar-refractivity contribution in [2.45, 2.75) is 57.6 Å². The van der Waals surface area contributed by atoms with Gasteiger partial charge in [-0.1, -0.05) is 5.16 Å². The van der Waals surface area contributed by atoms with Crippen LogP contribution < -0.4 is 4.90 Å². The number of fused-ring (bicyclic) bond motifs is 1. The van der Waals surface area contributed by atoms with Gasteiger partial charge in [0.25, 0.3) is 0 Å². The molecule has 40 heavy (non-hydrogen) atoms. The molecule has 1 aliphatic carbocycles. The van der Waals surface area contributed by atoms with Crippen LogP contribution in [-0.4, -0.2) is 30.5 Å². The number of aromatic nitrogens is 4. The minimum absolute atomic E-state index is 0.186. The first-order valence-electron chi connectivity index (χ1n) is 13.1. The zero-order chi connectivity index (χ0) is 27.8. The molecule has 0 radical (unpaired) electrons. The van der Waals surface area contributed by atoms with Gasteiger partial charge >= 0.3 is 0 Å². The van der Waals surface area contributed by atoms with Gasteiger partial charge in [-0.05, 0) is 69.4 Å². The summed E-state index contributed by atoms with van der Waals surface area (Å²) in [6.07, 6.45) is 4.74. The lowest BCUT2D eigenvalue weighted by atomic mass is 9.96. The Balaban J connectivity index is 1.43. The van der Waals surface area contributed by atoms with E-state index in [0.29, 0.717) is 65.6 Å². The Bertz CT molecular complexity index is 1790. The Morgan fingerprint density at radius 2 is 1.95 bits per heavy atom. The number of hydrogen-bond acceptors (Lipinski definition) is 7. The summed E-state index contributed by atoms with van der Waals surface area (Å²) in [5.74, 6) is -1.48. The molecule has 0 unspecified atom stereocenters. The van der Waals surface area contributed by atoms with Crippen LogP contribution in [0.5, 0.6) is 0 Å². The van der Waals surface area contributed by atoms with E-state index in [9.17, 15) is 18.7 Å². The number of thiazole rings is 1. The lowest BCUT2D eigenvalue weighted by Crippen LogP contribution is -2.38. The minimum Gasteiger partial charge on any atom is -0.384 e. The Hall–Kier alpha value is -3.96. The molecule has 1 aliphatic heterocycles. The molecule has 2 fully saturated rings. The third-order valence-electron chi connectivity index (χ3n) is 7.83. The number of anilines is 1. The maximum Gasteiger partial charge on any atom is 0.227 e. The topological polar surface area (TPSA) is 96.8 Å². The minimum atomic E-state index is -1.02. The van der Waals surface area contributed by atoms with Gasteiger partial charge in [-0.25, -0.2) is 18.7 Å². The van der Waals surface area contributed by atoms with Crippen molar-refractivity contribution >= 4 is 28.6 Å². The number of aliphatic hydroxyl groups is 1. The van der Waals surface area contributed by atoms with E-state index in [1.165, 1.54) is 22.3 Å². The second kappa shape index (κ2) is 9.03. The fraction of sp³-hybridized carbons (Fsp3) is 0.310. The molecule has 5 heterocycles. The molecule has 1 aromatic carbocycles. The average molecular weight is 562 g/mol. The molecule has 1 amide bonds. The number of carbonyl (C=O) groups is 1. The zero-order valence-electron chi connectivity index (χ0n) is 21.8. The summed E-state index contributed by atoms with van der Waals surface area (Å²) in [5.41, 5.74) is 4.48. The molecule has 0 bridgehead atoms. The summed E-state index contributed by atoms with van der Waals surface area (Å²) in [5, 5.41) is 17.3. The predicted octanol–water partition coefficient (Wildman–Crippen LogP) is 6.25. The fourth-order valence-electron chi connectivity index (χ4n) is 5.62. The van der Waals surface area contributed by atoms with Crippen LogP contribution in [0.25, 0.3) is 27.5 Å². The smallest absolute Gasteiger partial charge is 0.227 e. The highest BCUT2D eigenvalue weighted by Crippen LogP contribution is 2.47. The number of pyridine rings is 1. The largest absolute Gasteiger partial charge is 0.384 e. The predicted molar refractivity (Wildman–Crippen MR) is 145 cm³/mol. The highest BCUT2D eigenvalue weighted by Gasteiger charge is 2.45. The van der Waals surface area contributed by atoms with Gasteiger partial charge in [0.15, 0.2) is 11.6 Å². The molecule has 1 atom stereocenters. The van der Waals surface area contributed by atoms with Crippen molar-refractivity contribution in [3.05, 3.63) is 76.4 Å². The number of aryl methyl sites for hydroxylation is 2. The summed E-state index contributed by atoms with van der Waals surface area (Å²) in [4.78, 5) is 24.6. The number of piperidine rings is 1. The number of nitrogens with zero attached hydrogens (tertiary/aromatic N) is 5. The molecule has 1 N–H and O–H groups in total. The standard InChI is InChI=1S/C29H25F2N5O3S/c1-15-25(16(2)39-34-15)17-8-11-35-23(12-17)33-26(27(35)28-32-22(14-40-28)29(38)9-10-29)21-4-3-5-24(37)36(21)18-6-7-19(30)20(31)13-18/h6-8,11-14,21,38H,3-5,9-10H2,1-2H3/t21-/m0/s1. The second-order valence-electron chi connectivity index (χ2n) is 10.5. The van der Waals surface area contributed by atoms with Crippen LogP contribution in [0.2, 0.25) is 0 Å². The summed E-state index contributed by atoms with van der Waals surface area (Å²) in [7, 11) is 0. The van der Waals surface area contributed by atoms with Crippen molar-refractivity contribution in [1.29, 1.82) is 0 Å². The average Bonchev–Trinajstić information content (AvgIpc) is 3.26. The molecule has 2 aliphatic rings. The van der Waals surface area contributed by atoms with Gasteiger partial charge in [-0.15, -0.1) is 11.3 Å². The summed E-state index contributed by atoms with van der Waals surface area (Å²) >= 11 is 1.41. The number of hydrogen-bond donors (Lipinski definition) is 1. The van der Waals surface area contributed by atoms with Crippen LogP contribution in [0, 0.1) is 25.5 Å². The van der Waals surface area contributed by atoms with E-state index >= 15 is 0 Å². The molecule has 1 saturated carbocycles. The lowest BCUT2D eigenvalue weighted by Gasteiger charge is -2.35. The van der Waals surface area contributed by atoms with E-state index < -0.39 is 23.3 Å². The van der Waals surface area contributed by atoms with Gasteiger partial charge in [-0.2, -0.15) is 0 Å². The maximum atomic E-state index is 14.3. The quantitative estimate of drug-likeness (QED) is 0.273. The Morgan fingerprint density at radius 3 is 2.67 bits per heavy atom. The lowest BCUT2D eigenvalue weighted by molar-refractivity contribution is -0.120. The van der Waals surface area contributed by atoms with Gasteiger partial charge in [-0.3, -0.25) is 9.20 Å². The highest BCUT2D eigenvalue weighted by atomic mass is 32.1. The molecule has 0 spiro atoms. The van der Waals surface area contributed by atoms with Crippen molar-refractivity contribution in [3.63, 3.8) is 0 Å². The van der Waals surface area contributed by atoms with Crippen LogP contribution in [-0.2, 0) is 10.4 Å². The van der Waals surface area contributed by atoms with E-state index in [-0.39, 0.29) is 11.6 Å². The van der Waals surface area contributed by atoms with Crippen LogP contribution in [0.3, 0.4) is 0 Å². The second-order valence-corrected chi connectivity index (χ2v) is 11.4. The van der Waals surface area contributed by atoms with Crippen molar-refractivity contribution in [2.24, 2.45) is 0 Å². The normalized spacial score (nSPS) is 18.6. The summed E-state index contributed by atoms with van der Waals surface area (Å²) in [6.45, 7) is 3.74. The van der Waals surface area contributed by atoms with E-state index in [0.717, 1.165) is 29.0 Å². The zero-order valence-corrected chi connectivity index (χ0v) is 22.6. The number of carbonyl (C=O) groups excluding carboxylic acids is 1. The molecule has 5 aromatic rings. The van der Waals surface area contributed by atoms with Gasteiger partial charge in [0.2, 0.25) is 5.91 Å². The number of rotatable bonds is 5. The van der Waals surface area contributed by atoms with Crippen LogP contribution in [0.1, 0.15) is 61.0 Å². The molecule has 7 rings (SSSR count). The van der Waals surface area contributed by atoms with Crippen molar-refractivity contribution in [1.82, 2.24) is 19.5 Å². The summed E-state index contributed by atoms with van der Waals surface area (Å²) in [6, 6.07) is 6.88. The summed E-state index contributed by atoms with van der Waals surface area (Å²) < 4.78 is 35.4. The van der Waals surface area contributed by atoms with Gasteiger partial charge < -0.3 is 14.5 Å². The van der Waals surface area contributed by atoms with E-state index in [1.54, 1.807) is 0 Å². The SMILES string of the molecule is Cc1noc(C)c1-c1ccn2c(-c3nc(C4(O)CC4)cs3)c([C@@H]3CCCC(=O)N3c3ccc(F)c(F)c3)nc2c1. The Labute approximate surface area is 231 Å². The van der Waals surface area contributed by atoms with Gasteiger partial charge in [0, 0.05) is 35.3 Å². The highest BCUT2D eigenvalue weighted by molar-refractivity contribution is 7.13. The van der Waals surface area contributed by atoms with Gasteiger partial charge in [0.1, 0.15) is 27.7 Å². The maximum absolute atomic E-state index is 14.3. The molecular formula is C29H25F2N5O3S. The van der Waals surface area contributed by atoms with E-state index in [4.69, 9.17) is 14.5 Å². The van der Waals surface area contributed by atoms with Crippen LogP contribution >= 0.6 is 11.3 Å². The first-order valence-corrected chi connectivity index (χ1v) is 14.0. The van der Waals surface area contributed by atoms with Crippen molar-refractivity contribution < 1.29 is 23.2 Å². The number of amides is 1. The third-order valence-corrected chi connectivity index (χ3v) is 8.68. The van der Waals surface area contributed by atoms with E-state index in [2.05, 4.69) is 5.16 Å². The Kier molecular flexibility index (Phi) is 5.65. The molecule has 1 saturated heterocycles. The number of halogens is 2. The molecule has 4 aromatic heterocycles. The third kappa shape index (κ3) is 3.95. The number of imidazole rings is 1. The molecule has 11 heteroatoms. The Morgan fingerprint density at radius 1 is 1.12 bits per heavy atom. The molecule has 8 nitrogen and oxygen atoms in total. The molecular weight excluding hydrogens is 536 g/mol. The van der Waals surface area contributed by atoms with Crippen molar-refractivity contribution in [3.8, 4) is 21.8 Å². The van der Waals surface area contributed by atoms with Crippen molar-refractivity contribution in [2.75, 3.05) is 4.90 Å².